The maximum absolute atomic E-state index is 14.8. The number of nitrogens with zero attached hydrogens (tertiary/aromatic N) is 1. The van der Waals surface area contributed by atoms with Crippen LogP contribution >= 0.6 is 0 Å². The summed E-state index contributed by atoms with van der Waals surface area (Å²) in [5.41, 5.74) is 0.430. The summed E-state index contributed by atoms with van der Waals surface area (Å²) in [6.45, 7) is 4.93. The van der Waals surface area contributed by atoms with Crippen LogP contribution in [0.15, 0.2) is 53.5 Å². The number of carbonyl (C=O) groups is 3. The Balaban J connectivity index is 1.69. The standard InChI is InChI=1S/C31H34F4N2O4/c1-30(2,3)41-29(40)23(16-18-12-13-18)21(14-15-31(33,34)35)28(39)37-27-25(38)17-22-20(10-7-11-24(22)32)26(36-27)19-8-5-4-6-9-19/h4-11,18,21,23,27H,12-17H2,1-3H3,(H,37,39)/t21-,23+,27-/m1/s1. The zero-order chi connectivity index (χ0) is 29.9. The van der Waals surface area contributed by atoms with E-state index < -0.39 is 66.1 Å². The molecule has 0 aromatic heterocycles. The Morgan fingerprint density at radius 1 is 1.02 bits per heavy atom. The number of carbonyl (C=O) groups excluding carboxylic acids is 3. The molecule has 220 valence electrons. The first-order valence-corrected chi connectivity index (χ1v) is 13.8. The minimum atomic E-state index is -4.56. The second-order valence-electron chi connectivity index (χ2n) is 11.7. The SMILES string of the molecule is CC(C)(C)OC(=O)[C@@H](CC1CC1)[C@@H](CCC(F)(F)F)C(=O)N[C@H]1N=C(c2ccccc2)c2cccc(F)c2CC1=O. The maximum atomic E-state index is 14.8. The van der Waals surface area contributed by atoms with Gasteiger partial charge in [0.1, 0.15) is 11.4 Å². The van der Waals surface area contributed by atoms with Gasteiger partial charge < -0.3 is 10.1 Å². The lowest BCUT2D eigenvalue weighted by Crippen LogP contribution is -2.47. The van der Waals surface area contributed by atoms with Gasteiger partial charge in [-0.15, -0.1) is 0 Å². The summed E-state index contributed by atoms with van der Waals surface area (Å²) in [4.78, 5) is 44.7. The molecule has 0 spiro atoms. The molecule has 0 bridgehead atoms. The Morgan fingerprint density at radius 3 is 2.32 bits per heavy atom. The molecule has 2 aromatic carbocycles. The van der Waals surface area contributed by atoms with Gasteiger partial charge in [-0.3, -0.25) is 19.4 Å². The summed E-state index contributed by atoms with van der Waals surface area (Å²) in [7, 11) is 0. The highest BCUT2D eigenvalue weighted by Gasteiger charge is 2.43. The van der Waals surface area contributed by atoms with Crippen molar-refractivity contribution in [3.8, 4) is 0 Å². The molecule has 6 nitrogen and oxygen atoms in total. The molecule has 4 rings (SSSR count). The van der Waals surface area contributed by atoms with Gasteiger partial charge >= 0.3 is 12.1 Å². The number of fused-ring (bicyclic) bond motifs is 1. The molecule has 2 aromatic rings. The fourth-order valence-corrected chi connectivity index (χ4v) is 5.03. The fourth-order valence-electron chi connectivity index (χ4n) is 5.03. The van der Waals surface area contributed by atoms with Gasteiger partial charge in [0.15, 0.2) is 11.9 Å². The molecule has 1 N–H and O–H groups in total. The van der Waals surface area contributed by atoms with Crippen LogP contribution in [0.1, 0.15) is 69.6 Å². The van der Waals surface area contributed by atoms with E-state index in [1.807, 2.05) is 0 Å². The number of nitrogens with one attached hydrogen (secondary N) is 1. The number of aliphatic imine (C=N–C) groups is 1. The van der Waals surface area contributed by atoms with Crippen LogP contribution in [0.5, 0.6) is 0 Å². The minimum absolute atomic E-state index is 0.105. The van der Waals surface area contributed by atoms with Crippen molar-refractivity contribution in [2.24, 2.45) is 22.7 Å². The van der Waals surface area contributed by atoms with Crippen LogP contribution in [0.2, 0.25) is 0 Å². The molecule has 2 aliphatic rings. The minimum Gasteiger partial charge on any atom is -0.460 e. The third-order valence-electron chi connectivity index (χ3n) is 7.17. The first-order chi connectivity index (χ1) is 19.2. The van der Waals surface area contributed by atoms with E-state index in [-0.39, 0.29) is 30.0 Å². The second kappa shape index (κ2) is 12.1. The van der Waals surface area contributed by atoms with Gasteiger partial charge in [0, 0.05) is 29.5 Å². The largest absolute Gasteiger partial charge is 0.460 e. The van der Waals surface area contributed by atoms with E-state index in [0.717, 1.165) is 12.8 Å². The van der Waals surface area contributed by atoms with Crippen LogP contribution in [0.3, 0.4) is 0 Å². The Bertz CT molecular complexity index is 1310. The Kier molecular flexibility index (Phi) is 8.99. The second-order valence-corrected chi connectivity index (χ2v) is 11.7. The molecular weight excluding hydrogens is 540 g/mol. The normalized spacial score (nSPS) is 19.0. The Hall–Kier alpha value is -3.56. The number of hydrogen-bond donors (Lipinski definition) is 1. The number of ketones is 1. The summed E-state index contributed by atoms with van der Waals surface area (Å²) in [5.74, 6) is -5.30. The topological polar surface area (TPSA) is 84.8 Å². The number of Topliss-reactive ketones (excluding diaryl/α,β-unsaturated/α-hetero) is 1. The van der Waals surface area contributed by atoms with E-state index >= 15 is 0 Å². The molecule has 41 heavy (non-hydrogen) atoms. The molecule has 0 unspecified atom stereocenters. The van der Waals surface area contributed by atoms with Gasteiger partial charge in [0.25, 0.3) is 0 Å². The molecule has 1 heterocycles. The summed E-state index contributed by atoms with van der Waals surface area (Å²) in [6, 6.07) is 13.1. The average Bonchev–Trinajstić information content (AvgIpc) is 3.71. The first kappa shape index (κ1) is 30.4. The molecule has 10 heteroatoms. The van der Waals surface area contributed by atoms with Crippen LogP contribution < -0.4 is 5.32 Å². The van der Waals surface area contributed by atoms with E-state index in [2.05, 4.69) is 10.3 Å². The third-order valence-corrected chi connectivity index (χ3v) is 7.17. The number of ether oxygens (including phenoxy) is 1. The summed E-state index contributed by atoms with van der Waals surface area (Å²) in [6.07, 6.45) is -6.55. The zero-order valence-corrected chi connectivity index (χ0v) is 23.3. The molecule has 3 atom stereocenters. The number of esters is 1. The van der Waals surface area contributed by atoms with Crippen molar-refractivity contribution in [2.45, 2.75) is 77.2 Å². The van der Waals surface area contributed by atoms with Crippen LogP contribution in [0, 0.1) is 23.6 Å². The predicted octanol–water partition coefficient (Wildman–Crippen LogP) is 5.95. The van der Waals surface area contributed by atoms with Crippen molar-refractivity contribution in [2.75, 3.05) is 0 Å². The van der Waals surface area contributed by atoms with Crippen molar-refractivity contribution in [3.63, 3.8) is 0 Å². The molecule has 1 aliphatic heterocycles. The van der Waals surface area contributed by atoms with Crippen molar-refractivity contribution in [1.82, 2.24) is 5.32 Å². The van der Waals surface area contributed by atoms with Crippen LogP contribution in [0.4, 0.5) is 17.6 Å². The lowest BCUT2D eigenvalue weighted by molar-refractivity contribution is -0.167. The van der Waals surface area contributed by atoms with Gasteiger partial charge in [-0.25, -0.2) is 4.39 Å². The van der Waals surface area contributed by atoms with Gasteiger partial charge in [0.2, 0.25) is 5.91 Å². The lowest BCUT2D eigenvalue weighted by Gasteiger charge is -2.29. The summed E-state index contributed by atoms with van der Waals surface area (Å²) >= 11 is 0. The fraction of sp³-hybridized carbons (Fsp3) is 0.484. The molecule has 1 aliphatic carbocycles. The van der Waals surface area contributed by atoms with E-state index in [1.54, 1.807) is 57.2 Å². The number of amides is 1. The van der Waals surface area contributed by atoms with Crippen LogP contribution in [-0.4, -0.2) is 41.3 Å². The van der Waals surface area contributed by atoms with Crippen LogP contribution in [0.25, 0.3) is 0 Å². The number of alkyl halides is 3. The first-order valence-electron chi connectivity index (χ1n) is 13.8. The molecule has 0 radical (unpaired) electrons. The monoisotopic (exact) mass is 574 g/mol. The maximum Gasteiger partial charge on any atom is 0.389 e. The number of hydrogen-bond acceptors (Lipinski definition) is 5. The highest BCUT2D eigenvalue weighted by molar-refractivity contribution is 6.16. The van der Waals surface area contributed by atoms with E-state index in [4.69, 9.17) is 4.74 Å². The summed E-state index contributed by atoms with van der Waals surface area (Å²) in [5, 5.41) is 2.52. The highest BCUT2D eigenvalue weighted by Crippen LogP contribution is 2.40. The Labute approximate surface area is 236 Å². The molecule has 0 saturated heterocycles. The molecular formula is C31H34F4N2O4. The van der Waals surface area contributed by atoms with Gasteiger partial charge in [-0.1, -0.05) is 55.3 Å². The van der Waals surface area contributed by atoms with Crippen molar-refractivity contribution >= 4 is 23.4 Å². The quantitative estimate of drug-likeness (QED) is 0.297. The molecule has 1 saturated carbocycles. The van der Waals surface area contributed by atoms with Gasteiger partial charge in [-0.05, 0) is 45.6 Å². The van der Waals surface area contributed by atoms with E-state index in [0.29, 0.717) is 11.1 Å². The average molecular weight is 575 g/mol. The number of benzene rings is 2. The zero-order valence-electron chi connectivity index (χ0n) is 23.3. The molecule has 1 fully saturated rings. The van der Waals surface area contributed by atoms with E-state index in [9.17, 15) is 31.9 Å². The third kappa shape index (κ3) is 8.24. The highest BCUT2D eigenvalue weighted by atomic mass is 19.4. The van der Waals surface area contributed by atoms with E-state index in [1.165, 1.54) is 12.1 Å². The lowest BCUT2D eigenvalue weighted by atomic mass is 9.83. The van der Waals surface area contributed by atoms with Crippen molar-refractivity contribution in [1.29, 1.82) is 0 Å². The number of rotatable bonds is 9. The van der Waals surface area contributed by atoms with Crippen LogP contribution in [-0.2, 0) is 25.5 Å². The van der Waals surface area contributed by atoms with Gasteiger partial charge in [0.05, 0.1) is 17.5 Å². The van der Waals surface area contributed by atoms with Crippen molar-refractivity contribution < 1.29 is 36.7 Å². The van der Waals surface area contributed by atoms with Crippen molar-refractivity contribution in [3.05, 3.63) is 71.0 Å². The summed E-state index contributed by atoms with van der Waals surface area (Å²) < 4.78 is 60.4. The predicted molar refractivity (Wildman–Crippen MR) is 145 cm³/mol. The number of halogens is 4. The van der Waals surface area contributed by atoms with Gasteiger partial charge in [-0.2, -0.15) is 13.2 Å². The smallest absolute Gasteiger partial charge is 0.389 e. The molecule has 1 amide bonds. The Morgan fingerprint density at radius 2 is 1.71 bits per heavy atom.